The van der Waals surface area contributed by atoms with Crippen molar-refractivity contribution in [3.05, 3.63) is 29.3 Å². The first-order valence-corrected chi connectivity index (χ1v) is 7.21. The van der Waals surface area contributed by atoms with Crippen LogP contribution in [0.3, 0.4) is 0 Å². The van der Waals surface area contributed by atoms with Crippen LogP contribution in [0.5, 0.6) is 5.75 Å². The molecule has 2 N–H and O–H groups in total. The number of hydrogen-bond donors (Lipinski definition) is 2. The molecule has 0 saturated carbocycles. The maximum Gasteiger partial charge on any atom is 0.341 e. The zero-order chi connectivity index (χ0) is 16.5. The lowest BCUT2D eigenvalue weighted by Crippen LogP contribution is -2.38. The standard InChI is InChI=1S/C16H25N3O3/c1-11(2)9-18-16(17-3)19-10-12-6-7-14(21-4)13(8-12)15(20)22-5/h6-8,11H,9-10H2,1-5H3,(H2,17,18,19). The number of ether oxygens (including phenoxy) is 2. The Bertz CT molecular complexity index is 527. The molecule has 6 heteroatoms. The molecular formula is C16H25N3O3. The fourth-order valence-electron chi connectivity index (χ4n) is 1.84. The number of esters is 1. The summed E-state index contributed by atoms with van der Waals surface area (Å²) in [6.07, 6.45) is 0. The minimum absolute atomic E-state index is 0.412. The molecule has 0 saturated heterocycles. The van der Waals surface area contributed by atoms with Crippen LogP contribution in [0.25, 0.3) is 0 Å². The van der Waals surface area contributed by atoms with Crippen LogP contribution < -0.4 is 15.4 Å². The first-order valence-electron chi connectivity index (χ1n) is 7.21. The predicted octanol–water partition coefficient (Wildman–Crippen LogP) is 1.80. The van der Waals surface area contributed by atoms with Gasteiger partial charge in [0.1, 0.15) is 11.3 Å². The summed E-state index contributed by atoms with van der Waals surface area (Å²) in [5.74, 6) is 1.34. The molecule has 1 aromatic carbocycles. The molecule has 0 bridgehead atoms. The Hall–Kier alpha value is -2.24. The topological polar surface area (TPSA) is 72.0 Å². The molecule has 0 unspecified atom stereocenters. The van der Waals surface area contributed by atoms with Crippen molar-refractivity contribution in [1.29, 1.82) is 0 Å². The molecule has 0 atom stereocenters. The van der Waals surface area contributed by atoms with Crippen molar-refractivity contribution in [3.8, 4) is 5.75 Å². The van der Waals surface area contributed by atoms with Crippen LogP contribution in [0, 0.1) is 5.92 Å². The number of nitrogens with one attached hydrogen (secondary N) is 2. The highest BCUT2D eigenvalue weighted by Gasteiger charge is 2.13. The number of carbonyl (C=O) groups excluding carboxylic acids is 1. The largest absolute Gasteiger partial charge is 0.496 e. The highest BCUT2D eigenvalue weighted by Crippen LogP contribution is 2.20. The van der Waals surface area contributed by atoms with Gasteiger partial charge < -0.3 is 20.1 Å². The van der Waals surface area contributed by atoms with Crippen LogP contribution in [0.1, 0.15) is 29.8 Å². The highest BCUT2D eigenvalue weighted by atomic mass is 16.5. The summed E-state index contributed by atoms with van der Waals surface area (Å²) >= 11 is 0. The molecule has 0 radical (unpaired) electrons. The summed E-state index contributed by atoms with van der Waals surface area (Å²) in [6, 6.07) is 5.41. The van der Waals surface area contributed by atoms with Crippen molar-refractivity contribution in [2.24, 2.45) is 10.9 Å². The van der Waals surface area contributed by atoms with Gasteiger partial charge in [0.05, 0.1) is 14.2 Å². The molecule has 0 aromatic heterocycles. The molecular weight excluding hydrogens is 282 g/mol. The van der Waals surface area contributed by atoms with E-state index >= 15 is 0 Å². The molecule has 0 spiro atoms. The second-order valence-corrected chi connectivity index (χ2v) is 5.23. The molecule has 1 aromatic rings. The Balaban J connectivity index is 2.75. The van der Waals surface area contributed by atoms with Crippen molar-refractivity contribution in [2.45, 2.75) is 20.4 Å². The zero-order valence-electron chi connectivity index (χ0n) is 13.9. The number of hydrogen-bond acceptors (Lipinski definition) is 4. The third-order valence-corrected chi connectivity index (χ3v) is 3.03. The molecule has 22 heavy (non-hydrogen) atoms. The average Bonchev–Trinajstić information content (AvgIpc) is 2.53. The van der Waals surface area contributed by atoms with Gasteiger partial charge in [-0.25, -0.2) is 4.79 Å². The van der Waals surface area contributed by atoms with Gasteiger partial charge in [-0.05, 0) is 23.6 Å². The lowest BCUT2D eigenvalue weighted by molar-refractivity contribution is 0.0597. The minimum atomic E-state index is -0.416. The number of nitrogens with zero attached hydrogens (tertiary/aromatic N) is 1. The molecule has 6 nitrogen and oxygen atoms in total. The Kier molecular flexibility index (Phi) is 7.22. The normalized spacial score (nSPS) is 11.3. The van der Waals surface area contributed by atoms with Crippen molar-refractivity contribution in [2.75, 3.05) is 27.8 Å². The van der Waals surface area contributed by atoms with Crippen LogP contribution in [0.2, 0.25) is 0 Å². The van der Waals surface area contributed by atoms with Crippen molar-refractivity contribution in [3.63, 3.8) is 0 Å². The van der Waals surface area contributed by atoms with Crippen LogP contribution in [-0.4, -0.2) is 39.7 Å². The van der Waals surface area contributed by atoms with E-state index in [0.29, 0.717) is 23.8 Å². The number of rotatable bonds is 6. The van der Waals surface area contributed by atoms with Gasteiger partial charge in [0, 0.05) is 20.1 Å². The molecule has 1 rings (SSSR count). The van der Waals surface area contributed by atoms with E-state index in [2.05, 4.69) is 29.5 Å². The quantitative estimate of drug-likeness (QED) is 0.476. The number of carbonyl (C=O) groups is 1. The van der Waals surface area contributed by atoms with E-state index in [1.165, 1.54) is 14.2 Å². The molecule has 0 amide bonds. The summed E-state index contributed by atoms with van der Waals surface area (Å²) < 4.78 is 9.95. The smallest absolute Gasteiger partial charge is 0.341 e. The predicted molar refractivity (Wildman–Crippen MR) is 87.4 cm³/mol. The van der Waals surface area contributed by atoms with Crippen LogP contribution in [0.4, 0.5) is 0 Å². The Morgan fingerprint density at radius 3 is 2.55 bits per heavy atom. The molecule has 0 aliphatic rings. The van der Waals surface area contributed by atoms with E-state index in [4.69, 9.17) is 9.47 Å². The van der Waals surface area contributed by atoms with Gasteiger partial charge in [0.15, 0.2) is 5.96 Å². The van der Waals surface area contributed by atoms with Gasteiger partial charge in [0.2, 0.25) is 0 Å². The van der Waals surface area contributed by atoms with Crippen LogP contribution >= 0.6 is 0 Å². The third kappa shape index (κ3) is 5.27. The number of methoxy groups -OCH3 is 2. The number of guanidine groups is 1. The van der Waals surface area contributed by atoms with Crippen molar-refractivity contribution in [1.82, 2.24) is 10.6 Å². The maximum atomic E-state index is 11.8. The van der Waals surface area contributed by atoms with Gasteiger partial charge >= 0.3 is 5.97 Å². The monoisotopic (exact) mass is 307 g/mol. The second-order valence-electron chi connectivity index (χ2n) is 5.23. The van der Waals surface area contributed by atoms with Gasteiger partial charge in [0.25, 0.3) is 0 Å². The lowest BCUT2D eigenvalue weighted by Gasteiger charge is -2.14. The van der Waals surface area contributed by atoms with Crippen LogP contribution in [-0.2, 0) is 11.3 Å². The van der Waals surface area contributed by atoms with E-state index in [1.807, 2.05) is 6.07 Å². The first kappa shape index (κ1) is 17.8. The van der Waals surface area contributed by atoms with E-state index in [1.54, 1.807) is 19.2 Å². The first-order chi connectivity index (χ1) is 10.5. The van der Waals surface area contributed by atoms with E-state index in [-0.39, 0.29) is 0 Å². The minimum Gasteiger partial charge on any atom is -0.496 e. The Labute approximate surface area is 131 Å². The Morgan fingerprint density at radius 2 is 2.00 bits per heavy atom. The molecule has 0 heterocycles. The fourth-order valence-corrected chi connectivity index (χ4v) is 1.84. The second kappa shape index (κ2) is 8.92. The van der Waals surface area contributed by atoms with Gasteiger partial charge in [-0.1, -0.05) is 19.9 Å². The van der Waals surface area contributed by atoms with Crippen molar-refractivity contribution < 1.29 is 14.3 Å². The molecule has 0 aliphatic heterocycles. The molecule has 0 fully saturated rings. The SMILES string of the molecule is CN=C(NCc1ccc(OC)c(C(=O)OC)c1)NCC(C)C. The summed E-state index contributed by atoms with van der Waals surface area (Å²) in [7, 11) is 4.60. The van der Waals surface area contributed by atoms with Gasteiger partial charge in [-0.2, -0.15) is 0 Å². The van der Waals surface area contributed by atoms with E-state index < -0.39 is 5.97 Å². The molecule has 0 aliphatic carbocycles. The summed E-state index contributed by atoms with van der Waals surface area (Å²) in [5.41, 5.74) is 1.35. The van der Waals surface area contributed by atoms with E-state index in [0.717, 1.165) is 18.1 Å². The van der Waals surface area contributed by atoms with Gasteiger partial charge in [-0.15, -0.1) is 0 Å². The summed E-state index contributed by atoms with van der Waals surface area (Å²) in [5, 5.41) is 6.44. The Morgan fingerprint density at radius 1 is 1.27 bits per heavy atom. The summed E-state index contributed by atoms with van der Waals surface area (Å²) in [6.45, 7) is 5.65. The van der Waals surface area contributed by atoms with Crippen LogP contribution in [0.15, 0.2) is 23.2 Å². The molecule has 122 valence electrons. The lowest BCUT2D eigenvalue weighted by atomic mass is 10.1. The average molecular weight is 307 g/mol. The zero-order valence-corrected chi connectivity index (χ0v) is 13.9. The van der Waals surface area contributed by atoms with Crippen molar-refractivity contribution >= 4 is 11.9 Å². The number of aliphatic imine (C=N–C) groups is 1. The van der Waals surface area contributed by atoms with E-state index in [9.17, 15) is 4.79 Å². The van der Waals surface area contributed by atoms with Gasteiger partial charge in [-0.3, -0.25) is 4.99 Å². The number of benzene rings is 1. The highest BCUT2D eigenvalue weighted by molar-refractivity contribution is 5.92. The maximum absolute atomic E-state index is 11.8. The summed E-state index contributed by atoms with van der Waals surface area (Å²) in [4.78, 5) is 15.9. The third-order valence-electron chi connectivity index (χ3n) is 3.03. The fraction of sp³-hybridized carbons (Fsp3) is 0.500.